The molecule has 11 heavy (non-hydrogen) atoms. The molecular weight excluding hydrogens is 140 g/mol. The van der Waals surface area contributed by atoms with Crippen LogP contribution >= 0.6 is 0 Å². The largest absolute Gasteiger partial charge is 0.387 e. The Bertz CT molecular complexity index is 129. The Labute approximate surface area is 68.6 Å². The highest BCUT2D eigenvalue weighted by atomic mass is 16.5. The summed E-state index contributed by atoms with van der Waals surface area (Å²) in [6.07, 6.45) is 1.85. The number of ether oxygens (including phenoxy) is 1. The van der Waals surface area contributed by atoms with Crippen molar-refractivity contribution in [3.63, 3.8) is 0 Å². The van der Waals surface area contributed by atoms with Crippen molar-refractivity contribution in [2.24, 2.45) is 5.41 Å². The Morgan fingerprint density at radius 3 is 2.27 bits per heavy atom. The number of rotatable bonds is 0. The van der Waals surface area contributed by atoms with E-state index in [0.717, 1.165) is 19.4 Å². The summed E-state index contributed by atoms with van der Waals surface area (Å²) in [5, 5.41) is 10.1. The number of hydrogen-bond acceptors (Lipinski definition) is 2. The van der Waals surface area contributed by atoms with Gasteiger partial charge in [0.05, 0.1) is 12.2 Å². The van der Waals surface area contributed by atoms with Crippen molar-refractivity contribution in [2.75, 3.05) is 13.2 Å². The van der Waals surface area contributed by atoms with E-state index in [9.17, 15) is 5.11 Å². The Morgan fingerprint density at radius 1 is 1.36 bits per heavy atom. The maximum absolute atomic E-state index is 10.1. The van der Waals surface area contributed by atoms with E-state index >= 15 is 0 Å². The van der Waals surface area contributed by atoms with Gasteiger partial charge < -0.3 is 9.84 Å². The van der Waals surface area contributed by atoms with Gasteiger partial charge in [-0.3, -0.25) is 0 Å². The first kappa shape index (κ1) is 9.01. The third kappa shape index (κ3) is 1.74. The van der Waals surface area contributed by atoms with Crippen LogP contribution in [0.3, 0.4) is 0 Å². The SMILES string of the molecule is CC(C)(C)C1(O)CCCOC1. The molecule has 2 nitrogen and oxygen atoms in total. The smallest absolute Gasteiger partial charge is 0.0928 e. The highest BCUT2D eigenvalue weighted by Crippen LogP contribution is 2.36. The average Bonchev–Trinajstić information content (AvgIpc) is 1.87. The van der Waals surface area contributed by atoms with Crippen molar-refractivity contribution in [1.82, 2.24) is 0 Å². The number of hydrogen-bond donors (Lipinski definition) is 1. The summed E-state index contributed by atoms with van der Waals surface area (Å²) in [6, 6.07) is 0. The zero-order valence-electron chi connectivity index (χ0n) is 7.68. The summed E-state index contributed by atoms with van der Waals surface area (Å²) in [7, 11) is 0. The lowest BCUT2D eigenvalue weighted by Crippen LogP contribution is -2.49. The normalized spacial score (nSPS) is 33.8. The maximum atomic E-state index is 10.1. The van der Waals surface area contributed by atoms with Crippen LogP contribution in [-0.2, 0) is 4.74 Å². The van der Waals surface area contributed by atoms with Crippen molar-refractivity contribution in [3.05, 3.63) is 0 Å². The average molecular weight is 158 g/mol. The van der Waals surface area contributed by atoms with E-state index in [2.05, 4.69) is 20.8 Å². The fraction of sp³-hybridized carbons (Fsp3) is 1.00. The van der Waals surface area contributed by atoms with Crippen LogP contribution in [0.25, 0.3) is 0 Å². The summed E-state index contributed by atoms with van der Waals surface area (Å²) < 4.78 is 5.26. The molecule has 1 rings (SSSR count). The molecule has 1 heterocycles. The Kier molecular flexibility index (Phi) is 2.26. The van der Waals surface area contributed by atoms with Crippen LogP contribution in [-0.4, -0.2) is 23.9 Å². The van der Waals surface area contributed by atoms with Gasteiger partial charge in [-0.2, -0.15) is 0 Å². The lowest BCUT2D eigenvalue weighted by molar-refractivity contribution is -0.144. The van der Waals surface area contributed by atoms with Crippen LogP contribution in [0.15, 0.2) is 0 Å². The summed E-state index contributed by atoms with van der Waals surface area (Å²) >= 11 is 0. The highest BCUT2D eigenvalue weighted by Gasteiger charge is 2.41. The van der Waals surface area contributed by atoms with Crippen molar-refractivity contribution in [3.8, 4) is 0 Å². The molecule has 1 N–H and O–H groups in total. The van der Waals surface area contributed by atoms with E-state index in [1.165, 1.54) is 0 Å². The molecule has 1 atom stereocenters. The second kappa shape index (κ2) is 2.76. The fourth-order valence-electron chi connectivity index (χ4n) is 1.37. The van der Waals surface area contributed by atoms with Crippen LogP contribution in [0, 0.1) is 5.41 Å². The van der Waals surface area contributed by atoms with E-state index < -0.39 is 5.60 Å². The molecule has 0 aromatic carbocycles. The Hall–Kier alpha value is -0.0800. The van der Waals surface area contributed by atoms with Crippen LogP contribution in [0.5, 0.6) is 0 Å². The molecule has 0 saturated carbocycles. The first-order valence-corrected chi connectivity index (χ1v) is 4.26. The van der Waals surface area contributed by atoms with Gasteiger partial charge in [0.15, 0.2) is 0 Å². The van der Waals surface area contributed by atoms with Gasteiger partial charge in [-0.05, 0) is 18.3 Å². The molecule has 1 fully saturated rings. The highest BCUT2D eigenvalue weighted by molar-refractivity contribution is 4.91. The molecule has 0 amide bonds. The summed E-state index contributed by atoms with van der Waals surface area (Å²) in [5.41, 5.74) is -0.668. The van der Waals surface area contributed by atoms with Gasteiger partial charge >= 0.3 is 0 Å². The Morgan fingerprint density at radius 2 is 2.00 bits per heavy atom. The Balaban J connectivity index is 2.64. The molecule has 0 spiro atoms. The van der Waals surface area contributed by atoms with Gasteiger partial charge in [0, 0.05) is 6.61 Å². The second-order valence-electron chi connectivity index (χ2n) is 4.44. The van der Waals surface area contributed by atoms with Crippen LogP contribution in [0.1, 0.15) is 33.6 Å². The van der Waals surface area contributed by atoms with Gasteiger partial charge in [-0.1, -0.05) is 20.8 Å². The fourth-order valence-corrected chi connectivity index (χ4v) is 1.37. The van der Waals surface area contributed by atoms with Gasteiger partial charge in [0.2, 0.25) is 0 Å². The van der Waals surface area contributed by atoms with Crippen LogP contribution in [0.4, 0.5) is 0 Å². The molecule has 1 aliphatic rings. The molecule has 0 bridgehead atoms. The summed E-state index contributed by atoms with van der Waals surface area (Å²) in [6.45, 7) is 7.47. The molecule has 1 aliphatic heterocycles. The topological polar surface area (TPSA) is 29.5 Å². The molecule has 0 aromatic heterocycles. The summed E-state index contributed by atoms with van der Waals surface area (Å²) in [5.74, 6) is 0. The zero-order valence-corrected chi connectivity index (χ0v) is 7.68. The first-order chi connectivity index (χ1) is 4.96. The second-order valence-corrected chi connectivity index (χ2v) is 4.44. The first-order valence-electron chi connectivity index (χ1n) is 4.26. The lowest BCUT2D eigenvalue weighted by atomic mass is 9.73. The van der Waals surface area contributed by atoms with Crippen molar-refractivity contribution < 1.29 is 9.84 Å². The van der Waals surface area contributed by atoms with E-state index in [4.69, 9.17) is 4.74 Å². The molecule has 1 saturated heterocycles. The maximum Gasteiger partial charge on any atom is 0.0928 e. The van der Waals surface area contributed by atoms with E-state index in [0.29, 0.717) is 6.61 Å². The molecule has 0 aliphatic carbocycles. The molecule has 66 valence electrons. The van der Waals surface area contributed by atoms with Gasteiger partial charge in [0.25, 0.3) is 0 Å². The monoisotopic (exact) mass is 158 g/mol. The van der Waals surface area contributed by atoms with Crippen molar-refractivity contribution >= 4 is 0 Å². The van der Waals surface area contributed by atoms with Crippen LogP contribution in [0.2, 0.25) is 0 Å². The molecule has 0 radical (unpaired) electrons. The predicted molar refractivity (Wildman–Crippen MR) is 44.5 cm³/mol. The van der Waals surface area contributed by atoms with E-state index in [-0.39, 0.29) is 5.41 Å². The molecule has 1 unspecified atom stereocenters. The van der Waals surface area contributed by atoms with Crippen LogP contribution < -0.4 is 0 Å². The summed E-state index contributed by atoms with van der Waals surface area (Å²) in [4.78, 5) is 0. The molecule has 2 heteroatoms. The minimum Gasteiger partial charge on any atom is -0.387 e. The minimum absolute atomic E-state index is 0.0621. The van der Waals surface area contributed by atoms with Gasteiger partial charge in [0.1, 0.15) is 0 Å². The minimum atomic E-state index is -0.606. The zero-order chi connectivity index (χ0) is 8.54. The molecular formula is C9H18O2. The quantitative estimate of drug-likeness (QED) is 0.580. The predicted octanol–water partition coefficient (Wildman–Crippen LogP) is 1.57. The van der Waals surface area contributed by atoms with E-state index in [1.54, 1.807) is 0 Å². The third-order valence-corrected chi connectivity index (χ3v) is 2.62. The standard InChI is InChI=1S/C9H18O2/c1-8(2,3)9(10)5-4-6-11-7-9/h10H,4-7H2,1-3H3. The van der Waals surface area contributed by atoms with E-state index in [1.807, 2.05) is 0 Å². The van der Waals surface area contributed by atoms with Crippen molar-refractivity contribution in [1.29, 1.82) is 0 Å². The molecule has 0 aromatic rings. The lowest BCUT2D eigenvalue weighted by Gasteiger charge is -2.42. The van der Waals surface area contributed by atoms with Crippen molar-refractivity contribution in [2.45, 2.75) is 39.2 Å². The van der Waals surface area contributed by atoms with Gasteiger partial charge in [-0.25, -0.2) is 0 Å². The number of aliphatic hydroxyl groups is 1. The van der Waals surface area contributed by atoms with Gasteiger partial charge in [-0.15, -0.1) is 0 Å². The third-order valence-electron chi connectivity index (χ3n) is 2.62.